The van der Waals surface area contributed by atoms with Crippen LogP contribution < -0.4 is 5.32 Å². The molecule has 2 atom stereocenters. The van der Waals surface area contributed by atoms with E-state index in [1.54, 1.807) is 26.1 Å². The van der Waals surface area contributed by atoms with E-state index >= 15 is 0 Å². The lowest BCUT2D eigenvalue weighted by atomic mass is 9.94. The molecule has 2 aliphatic heterocycles. The third-order valence-corrected chi connectivity index (χ3v) is 6.55. The molecule has 3 amide bonds. The fourth-order valence-corrected chi connectivity index (χ4v) is 4.61. The van der Waals surface area contributed by atoms with E-state index in [1.165, 1.54) is 17.0 Å². The van der Waals surface area contributed by atoms with Crippen LogP contribution in [0.4, 0.5) is 9.18 Å². The third-order valence-electron chi connectivity index (χ3n) is 6.55. The normalized spacial score (nSPS) is 24.1. The molecule has 0 spiro atoms. The first-order valence-corrected chi connectivity index (χ1v) is 11.5. The molecule has 8 nitrogen and oxygen atoms in total. The second-order valence-corrected chi connectivity index (χ2v) is 8.97. The molecular formula is C24H31FN4O4. The molecule has 4 rings (SSSR count). The van der Waals surface area contributed by atoms with Crippen LogP contribution in [0.25, 0.3) is 0 Å². The average molecular weight is 459 g/mol. The summed E-state index contributed by atoms with van der Waals surface area (Å²) in [6.07, 6.45) is 1.95. The van der Waals surface area contributed by atoms with Crippen LogP contribution in [0, 0.1) is 11.7 Å². The molecule has 1 aliphatic carbocycles. The van der Waals surface area contributed by atoms with Gasteiger partial charge in [0.2, 0.25) is 5.91 Å². The van der Waals surface area contributed by atoms with E-state index in [9.17, 15) is 18.8 Å². The van der Waals surface area contributed by atoms with Crippen molar-refractivity contribution >= 4 is 17.9 Å². The third kappa shape index (κ3) is 4.88. The van der Waals surface area contributed by atoms with Crippen molar-refractivity contribution in [3.05, 3.63) is 46.9 Å². The van der Waals surface area contributed by atoms with Crippen molar-refractivity contribution in [2.24, 2.45) is 5.92 Å². The van der Waals surface area contributed by atoms with Gasteiger partial charge < -0.3 is 15.0 Å². The Kier molecular flexibility index (Phi) is 6.69. The molecule has 33 heavy (non-hydrogen) atoms. The number of esters is 1. The zero-order valence-corrected chi connectivity index (χ0v) is 19.3. The maximum absolute atomic E-state index is 14.0. The van der Waals surface area contributed by atoms with Crippen LogP contribution in [-0.2, 0) is 14.3 Å². The standard InChI is InChI=1S/C24H31FN4O4/c1-4-33-23(31)20-19(14-28-10-11-29(15(2)13-28)22(30)16-8-9-16)27(3)24(32)26-21(20)17-6-5-7-18(25)12-17/h5-7,12,15-16,21H,4,8-11,13-14H2,1-3H3,(H,26,32)/t15-,21-/m1/s1. The lowest BCUT2D eigenvalue weighted by molar-refractivity contribution is -0.139. The van der Waals surface area contributed by atoms with Gasteiger partial charge in [0.25, 0.3) is 0 Å². The van der Waals surface area contributed by atoms with Gasteiger partial charge in [-0.2, -0.15) is 0 Å². The number of urea groups is 1. The molecular weight excluding hydrogens is 427 g/mol. The predicted octanol–water partition coefficient (Wildman–Crippen LogP) is 2.28. The van der Waals surface area contributed by atoms with Gasteiger partial charge in [0.05, 0.1) is 18.2 Å². The van der Waals surface area contributed by atoms with Gasteiger partial charge >= 0.3 is 12.0 Å². The Morgan fingerprint density at radius 2 is 2.00 bits per heavy atom. The van der Waals surface area contributed by atoms with Gasteiger partial charge in [-0.15, -0.1) is 0 Å². The monoisotopic (exact) mass is 458 g/mol. The first-order chi connectivity index (χ1) is 15.8. The van der Waals surface area contributed by atoms with Crippen LogP contribution in [0.1, 0.15) is 38.3 Å². The van der Waals surface area contributed by atoms with E-state index in [4.69, 9.17) is 4.74 Å². The minimum absolute atomic E-state index is 0.0419. The van der Waals surface area contributed by atoms with Gasteiger partial charge in [-0.1, -0.05) is 12.1 Å². The second kappa shape index (κ2) is 9.51. The van der Waals surface area contributed by atoms with E-state index < -0.39 is 17.8 Å². The van der Waals surface area contributed by atoms with Crippen LogP contribution >= 0.6 is 0 Å². The number of nitrogens with zero attached hydrogens (tertiary/aromatic N) is 3. The maximum atomic E-state index is 14.0. The lowest BCUT2D eigenvalue weighted by Crippen LogP contribution is -2.56. The number of halogens is 1. The molecule has 2 heterocycles. The molecule has 0 unspecified atom stereocenters. The van der Waals surface area contributed by atoms with Gasteiger partial charge in [-0.25, -0.2) is 14.0 Å². The van der Waals surface area contributed by atoms with Crippen molar-refractivity contribution in [3.63, 3.8) is 0 Å². The predicted molar refractivity (Wildman–Crippen MR) is 119 cm³/mol. The summed E-state index contributed by atoms with van der Waals surface area (Å²) in [6.45, 7) is 6.17. The number of likely N-dealkylation sites (N-methyl/N-ethyl adjacent to an activating group) is 1. The highest BCUT2D eigenvalue weighted by Gasteiger charge is 2.40. The molecule has 1 saturated carbocycles. The molecule has 0 bridgehead atoms. The Morgan fingerprint density at radius 3 is 2.64 bits per heavy atom. The highest BCUT2D eigenvalue weighted by Crippen LogP contribution is 2.34. The topological polar surface area (TPSA) is 82.2 Å². The highest BCUT2D eigenvalue weighted by atomic mass is 19.1. The molecule has 2 fully saturated rings. The summed E-state index contributed by atoms with van der Waals surface area (Å²) in [7, 11) is 1.61. The number of hydrogen-bond acceptors (Lipinski definition) is 5. The fourth-order valence-electron chi connectivity index (χ4n) is 4.61. The number of carbonyl (C=O) groups excluding carboxylic acids is 3. The Hall–Kier alpha value is -2.94. The van der Waals surface area contributed by atoms with Crippen molar-refractivity contribution in [1.82, 2.24) is 20.0 Å². The quantitative estimate of drug-likeness (QED) is 0.662. The first-order valence-electron chi connectivity index (χ1n) is 11.5. The zero-order valence-electron chi connectivity index (χ0n) is 19.3. The van der Waals surface area contributed by atoms with Gasteiger partial charge in [-0.05, 0) is 44.4 Å². The Balaban J connectivity index is 1.63. The van der Waals surface area contributed by atoms with Gasteiger partial charge in [-0.3, -0.25) is 14.6 Å². The van der Waals surface area contributed by atoms with Crippen LogP contribution in [-0.4, -0.2) is 78.5 Å². The number of carbonyl (C=O) groups is 3. The number of piperazine rings is 1. The molecule has 1 aromatic carbocycles. The van der Waals surface area contributed by atoms with Crippen molar-refractivity contribution < 1.29 is 23.5 Å². The summed E-state index contributed by atoms with van der Waals surface area (Å²) >= 11 is 0. The van der Waals surface area contributed by atoms with E-state index in [1.807, 2.05) is 11.8 Å². The second-order valence-electron chi connectivity index (χ2n) is 8.97. The molecule has 1 saturated heterocycles. The molecule has 0 radical (unpaired) electrons. The van der Waals surface area contributed by atoms with Gasteiger partial charge in [0.15, 0.2) is 0 Å². The van der Waals surface area contributed by atoms with Crippen LogP contribution in [0.3, 0.4) is 0 Å². The van der Waals surface area contributed by atoms with Gasteiger partial charge in [0, 0.05) is 50.9 Å². The minimum Gasteiger partial charge on any atom is -0.463 e. The Morgan fingerprint density at radius 1 is 1.24 bits per heavy atom. The van der Waals surface area contributed by atoms with E-state index in [2.05, 4.69) is 10.2 Å². The number of rotatable bonds is 6. The van der Waals surface area contributed by atoms with Crippen molar-refractivity contribution in [2.75, 3.05) is 39.8 Å². The largest absolute Gasteiger partial charge is 0.463 e. The summed E-state index contributed by atoms with van der Waals surface area (Å²) in [5.41, 5.74) is 1.31. The Bertz CT molecular complexity index is 977. The number of nitrogens with one attached hydrogen (secondary N) is 1. The number of amides is 3. The summed E-state index contributed by atoms with van der Waals surface area (Å²) < 4.78 is 19.3. The fraction of sp³-hybridized carbons (Fsp3) is 0.542. The van der Waals surface area contributed by atoms with E-state index in [-0.39, 0.29) is 30.5 Å². The lowest BCUT2D eigenvalue weighted by Gasteiger charge is -2.42. The van der Waals surface area contributed by atoms with Crippen LogP contribution in [0.2, 0.25) is 0 Å². The summed E-state index contributed by atoms with van der Waals surface area (Å²) in [6, 6.07) is 4.73. The van der Waals surface area contributed by atoms with Crippen LogP contribution in [0.5, 0.6) is 0 Å². The van der Waals surface area contributed by atoms with Crippen molar-refractivity contribution in [1.29, 1.82) is 0 Å². The van der Waals surface area contributed by atoms with Gasteiger partial charge in [0.1, 0.15) is 5.82 Å². The van der Waals surface area contributed by atoms with E-state index in [0.717, 1.165) is 12.8 Å². The molecule has 1 aromatic rings. The minimum atomic E-state index is -0.811. The smallest absolute Gasteiger partial charge is 0.338 e. The number of hydrogen-bond donors (Lipinski definition) is 1. The SMILES string of the molecule is CCOC(=O)C1=C(CN2CCN(C(=O)C3CC3)[C@H](C)C2)N(C)C(=O)N[C@@H]1c1cccc(F)c1. The first kappa shape index (κ1) is 23.2. The zero-order chi connectivity index (χ0) is 23.7. The number of ether oxygens (including phenoxy) is 1. The average Bonchev–Trinajstić information content (AvgIpc) is 3.62. The maximum Gasteiger partial charge on any atom is 0.338 e. The summed E-state index contributed by atoms with van der Waals surface area (Å²) in [5, 5.41) is 2.81. The van der Waals surface area contributed by atoms with Crippen LogP contribution in [0.15, 0.2) is 35.5 Å². The number of benzene rings is 1. The summed E-state index contributed by atoms with van der Waals surface area (Å²) in [4.78, 5) is 43.9. The summed E-state index contributed by atoms with van der Waals surface area (Å²) in [5.74, 6) is -0.578. The molecule has 178 valence electrons. The van der Waals surface area contributed by atoms with E-state index in [0.29, 0.717) is 43.0 Å². The van der Waals surface area contributed by atoms with Crippen molar-refractivity contribution in [2.45, 2.75) is 38.8 Å². The molecule has 0 aromatic heterocycles. The van der Waals surface area contributed by atoms with Crippen molar-refractivity contribution in [3.8, 4) is 0 Å². The Labute approximate surface area is 193 Å². The molecule has 9 heteroatoms. The highest BCUT2D eigenvalue weighted by molar-refractivity contribution is 5.95. The molecule has 3 aliphatic rings. The molecule has 1 N–H and O–H groups in total.